The van der Waals surface area contributed by atoms with Crippen LogP contribution < -0.4 is 0 Å². The van der Waals surface area contributed by atoms with Gasteiger partial charge in [-0.05, 0) is 12.8 Å². The highest BCUT2D eigenvalue weighted by molar-refractivity contribution is 5.79. The van der Waals surface area contributed by atoms with E-state index in [9.17, 15) is 4.79 Å². The van der Waals surface area contributed by atoms with Crippen molar-refractivity contribution in [3.05, 3.63) is 12.2 Å². The lowest BCUT2D eigenvalue weighted by molar-refractivity contribution is -0.131. The molecule has 0 heterocycles. The number of allylic oxidation sites excluding steroid dienone is 1. The highest BCUT2D eigenvalue weighted by atomic mass is 16.4. The summed E-state index contributed by atoms with van der Waals surface area (Å²) >= 11 is 0. The van der Waals surface area contributed by atoms with E-state index in [0.29, 0.717) is 0 Å². The van der Waals surface area contributed by atoms with Crippen molar-refractivity contribution in [2.45, 2.75) is 104 Å². The Morgan fingerprint density at radius 3 is 1.36 bits per heavy atom. The average Bonchev–Trinajstić information content (AvgIpc) is 2.70. The maximum Gasteiger partial charge on any atom is 0.327 e. The molecular weight excluding hydrogens is 356 g/mol. The van der Waals surface area contributed by atoms with Crippen molar-refractivity contribution in [1.29, 1.82) is 0 Å². The van der Waals surface area contributed by atoms with Gasteiger partial charge in [-0.2, -0.15) is 0 Å². The molecule has 0 fully saturated rings. The van der Waals surface area contributed by atoms with E-state index in [-0.39, 0.29) is 19.8 Å². The van der Waals surface area contributed by atoms with Gasteiger partial charge < -0.3 is 20.4 Å². The van der Waals surface area contributed by atoms with Gasteiger partial charge in [-0.15, -0.1) is 0 Å². The molecule has 0 radical (unpaired) electrons. The van der Waals surface area contributed by atoms with Gasteiger partial charge in [-0.3, -0.25) is 0 Å². The third-order valence-electron chi connectivity index (χ3n) is 4.88. The predicted molar refractivity (Wildman–Crippen MR) is 116 cm³/mol. The first-order valence-electron chi connectivity index (χ1n) is 11.2. The van der Waals surface area contributed by atoms with Crippen molar-refractivity contribution in [2.24, 2.45) is 5.41 Å². The van der Waals surface area contributed by atoms with Crippen LogP contribution in [0.25, 0.3) is 0 Å². The summed E-state index contributed by atoms with van der Waals surface area (Å²) in [7, 11) is 0. The van der Waals surface area contributed by atoms with Crippen molar-refractivity contribution < 1.29 is 25.2 Å². The Labute approximate surface area is 172 Å². The molecule has 0 saturated heterocycles. The van der Waals surface area contributed by atoms with Crippen LogP contribution in [0.4, 0.5) is 0 Å². The maximum atomic E-state index is 10.2. The summed E-state index contributed by atoms with van der Waals surface area (Å²) in [6, 6.07) is 0. The summed E-state index contributed by atoms with van der Waals surface area (Å²) in [4.78, 5) is 10.2. The number of carboxylic acid groups (broad SMARTS) is 1. The minimum absolute atomic E-state index is 0.181. The molecule has 0 aliphatic carbocycles. The zero-order chi connectivity index (χ0) is 21.5. The Morgan fingerprint density at radius 1 is 0.714 bits per heavy atom. The summed E-state index contributed by atoms with van der Waals surface area (Å²) in [5.74, 6) is -0.834. The van der Waals surface area contributed by atoms with Crippen LogP contribution >= 0.6 is 0 Å². The lowest BCUT2D eigenvalue weighted by atomic mass is 9.95. The van der Waals surface area contributed by atoms with E-state index in [0.717, 1.165) is 12.8 Å². The fourth-order valence-electron chi connectivity index (χ4n) is 2.61. The molecule has 0 atom stereocenters. The number of hydrogen-bond donors (Lipinski definition) is 4. The number of carboxylic acids is 1. The lowest BCUT2D eigenvalue weighted by Gasteiger charge is -2.20. The Morgan fingerprint density at radius 2 is 1.07 bits per heavy atom. The van der Waals surface area contributed by atoms with Crippen LogP contribution in [0, 0.1) is 5.41 Å². The summed E-state index contributed by atoms with van der Waals surface area (Å²) in [6.07, 6.45) is 21.6. The van der Waals surface area contributed by atoms with Crippen molar-refractivity contribution in [2.75, 3.05) is 19.8 Å². The first kappa shape index (κ1) is 29.3. The minimum Gasteiger partial charge on any atom is -0.478 e. The molecule has 0 aromatic carbocycles. The number of carbonyl (C=O) groups is 1. The molecule has 0 spiro atoms. The monoisotopic (exact) mass is 402 g/mol. The molecule has 0 amide bonds. The second kappa shape index (κ2) is 22.4. The average molecular weight is 403 g/mol. The van der Waals surface area contributed by atoms with Crippen LogP contribution in [-0.4, -0.2) is 46.2 Å². The smallest absolute Gasteiger partial charge is 0.327 e. The van der Waals surface area contributed by atoms with Gasteiger partial charge in [-0.1, -0.05) is 97.0 Å². The Bertz CT molecular complexity index is 343. The molecule has 168 valence electrons. The van der Waals surface area contributed by atoms with Gasteiger partial charge in [0.2, 0.25) is 0 Å². The van der Waals surface area contributed by atoms with E-state index in [4.69, 9.17) is 20.4 Å². The molecule has 5 nitrogen and oxygen atoms in total. The molecule has 0 aromatic heterocycles. The number of unbranched alkanes of at least 4 members (excludes halogenated alkanes) is 13. The quantitative estimate of drug-likeness (QED) is 0.189. The zero-order valence-corrected chi connectivity index (χ0v) is 18.4. The second-order valence-electron chi connectivity index (χ2n) is 8.06. The fourth-order valence-corrected chi connectivity index (χ4v) is 2.61. The molecule has 0 saturated carbocycles. The van der Waals surface area contributed by atoms with Crippen LogP contribution in [0.15, 0.2) is 12.2 Å². The van der Waals surface area contributed by atoms with Crippen molar-refractivity contribution >= 4 is 5.97 Å². The van der Waals surface area contributed by atoms with E-state index in [1.165, 1.54) is 83.1 Å². The molecule has 0 unspecified atom stereocenters. The van der Waals surface area contributed by atoms with Crippen LogP contribution in [0.5, 0.6) is 0 Å². The molecule has 0 aliphatic rings. The van der Waals surface area contributed by atoms with Gasteiger partial charge in [-0.25, -0.2) is 4.79 Å². The van der Waals surface area contributed by atoms with Gasteiger partial charge >= 0.3 is 5.97 Å². The second-order valence-corrected chi connectivity index (χ2v) is 8.06. The van der Waals surface area contributed by atoms with Crippen LogP contribution in [-0.2, 0) is 4.79 Å². The Kier molecular flexibility index (Phi) is 23.4. The highest BCUT2D eigenvalue weighted by Gasteiger charge is 2.20. The maximum absolute atomic E-state index is 10.2. The Balaban J connectivity index is 0. The predicted octanol–water partition coefficient (Wildman–Crippen LogP) is 5.08. The van der Waals surface area contributed by atoms with Crippen LogP contribution in [0.3, 0.4) is 0 Å². The third kappa shape index (κ3) is 23.1. The van der Waals surface area contributed by atoms with Crippen molar-refractivity contribution in [3.63, 3.8) is 0 Å². The van der Waals surface area contributed by atoms with Crippen LogP contribution in [0.1, 0.15) is 104 Å². The summed E-state index contributed by atoms with van der Waals surface area (Å²) in [5, 5.41) is 33.8. The van der Waals surface area contributed by atoms with Crippen molar-refractivity contribution in [1.82, 2.24) is 0 Å². The molecule has 0 bridgehead atoms. The molecule has 28 heavy (non-hydrogen) atoms. The first-order chi connectivity index (χ1) is 13.5. The SMILES string of the molecule is CC(CO)(CO)CO.CCCCCCCCCCCCCCCC=CC(=O)O. The number of aliphatic hydroxyl groups excluding tert-OH is 3. The van der Waals surface area contributed by atoms with Gasteiger partial charge in [0.25, 0.3) is 0 Å². The van der Waals surface area contributed by atoms with E-state index in [1.54, 1.807) is 13.0 Å². The summed E-state index contributed by atoms with van der Waals surface area (Å²) in [5.41, 5.74) is -0.708. The Hall–Kier alpha value is -0.910. The minimum atomic E-state index is -0.834. The number of aliphatic hydroxyl groups is 3. The van der Waals surface area contributed by atoms with E-state index in [1.807, 2.05) is 0 Å². The summed E-state index contributed by atoms with van der Waals surface area (Å²) < 4.78 is 0. The first-order valence-corrected chi connectivity index (χ1v) is 11.2. The van der Waals surface area contributed by atoms with E-state index < -0.39 is 11.4 Å². The fraction of sp³-hybridized carbons (Fsp3) is 0.870. The molecule has 4 N–H and O–H groups in total. The number of aliphatic carboxylic acids is 1. The van der Waals surface area contributed by atoms with E-state index in [2.05, 4.69) is 6.92 Å². The highest BCUT2D eigenvalue weighted by Crippen LogP contribution is 2.13. The molecular formula is C23H46O5. The zero-order valence-electron chi connectivity index (χ0n) is 18.4. The van der Waals surface area contributed by atoms with Gasteiger partial charge in [0.15, 0.2) is 0 Å². The third-order valence-corrected chi connectivity index (χ3v) is 4.88. The van der Waals surface area contributed by atoms with Crippen molar-refractivity contribution in [3.8, 4) is 0 Å². The topological polar surface area (TPSA) is 98.0 Å². The molecule has 0 rings (SSSR count). The molecule has 5 heteroatoms. The van der Waals surface area contributed by atoms with Crippen LogP contribution in [0.2, 0.25) is 0 Å². The number of hydrogen-bond acceptors (Lipinski definition) is 4. The lowest BCUT2D eigenvalue weighted by Crippen LogP contribution is -2.29. The molecule has 0 aromatic rings. The van der Waals surface area contributed by atoms with Gasteiger partial charge in [0.05, 0.1) is 19.8 Å². The number of rotatable bonds is 18. The van der Waals surface area contributed by atoms with Gasteiger partial charge in [0.1, 0.15) is 0 Å². The van der Waals surface area contributed by atoms with E-state index >= 15 is 0 Å². The summed E-state index contributed by atoms with van der Waals surface area (Å²) in [6.45, 7) is 3.33. The standard InChI is InChI=1S/C18H34O2.C5H12O3/c1-2-3-4-5-6-7-8-9-10-11-12-13-14-15-16-17-18(19)20;1-5(2-6,3-7)4-8/h16-17H,2-15H2,1H3,(H,19,20);6-8H,2-4H2,1H3. The van der Waals surface area contributed by atoms with Gasteiger partial charge in [0, 0.05) is 11.5 Å². The normalized spacial score (nSPS) is 11.5. The molecule has 0 aliphatic heterocycles. The largest absolute Gasteiger partial charge is 0.478 e.